The van der Waals surface area contributed by atoms with E-state index in [1.54, 1.807) is 11.8 Å². The monoisotopic (exact) mass is 671 g/mol. The Kier molecular flexibility index (Phi) is 10.8. The Morgan fingerprint density at radius 3 is 2.23 bits per heavy atom. The van der Waals surface area contributed by atoms with Crippen LogP contribution in [0, 0.1) is 11.6 Å². The van der Waals surface area contributed by atoms with Crippen LogP contribution in [-0.4, -0.2) is 56.7 Å². The molecule has 47 heavy (non-hydrogen) atoms. The van der Waals surface area contributed by atoms with Gasteiger partial charge in [0.25, 0.3) is 5.56 Å². The summed E-state index contributed by atoms with van der Waals surface area (Å²) in [7, 11) is 2.02. The Morgan fingerprint density at radius 1 is 0.979 bits per heavy atom. The Bertz CT molecular complexity index is 1760. The number of amides is 1. The molecule has 4 aromatic rings. The number of thioether (sulfide) groups is 1. The molecular weight excluding hydrogens is 637 g/mol. The number of alkyl halides is 3. The standard InChI is InChI=1S/C34H34F5N5O2S/c1-3-29-32(46)40-33(47-21-25-5-4-6-28(35)31(25)36)44(41-29)20-30(45)43(27-15-17-42(2)18-16-27)19-22-7-9-23(10-8-22)24-11-13-26(14-12-24)34(37,38)39/h4-14,27H,3,15-21H2,1-2H3. The topological polar surface area (TPSA) is 71.3 Å². The molecule has 0 atom stereocenters. The van der Waals surface area contributed by atoms with E-state index in [-0.39, 0.29) is 47.2 Å². The van der Waals surface area contributed by atoms with Crippen molar-refractivity contribution in [3.05, 3.63) is 111 Å². The summed E-state index contributed by atoms with van der Waals surface area (Å²) in [5.41, 5.74) is 1.23. The molecule has 0 N–H and O–H groups in total. The molecule has 3 aromatic carbocycles. The average molecular weight is 672 g/mol. The summed E-state index contributed by atoms with van der Waals surface area (Å²) < 4.78 is 68.5. The van der Waals surface area contributed by atoms with Gasteiger partial charge in [0.1, 0.15) is 12.2 Å². The minimum absolute atomic E-state index is 0.0265. The highest BCUT2D eigenvalue weighted by atomic mass is 32.2. The van der Waals surface area contributed by atoms with Crippen molar-refractivity contribution in [1.82, 2.24) is 24.6 Å². The number of rotatable bonds is 10. The number of hydrogen-bond donors (Lipinski definition) is 0. The van der Waals surface area contributed by atoms with Crippen LogP contribution in [0.1, 0.15) is 42.1 Å². The van der Waals surface area contributed by atoms with Crippen molar-refractivity contribution in [1.29, 1.82) is 0 Å². The van der Waals surface area contributed by atoms with E-state index in [4.69, 9.17) is 0 Å². The van der Waals surface area contributed by atoms with Gasteiger partial charge in [-0.2, -0.15) is 23.3 Å². The van der Waals surface area contributed by atoms with E-state index in [9.17, 15) is 31.5 Å². The highest BCUT2D eigenvalue weighted by molar-refractivity contribution is 7.98. The lowest BCUT2D eigenvalue weighted by molar-refractivity contribution is -0.138. The van der Waals surface area contributed by atoms with Crippen molar-refractivity contribution in [3.63, 3.8) is 0 Å². The van der Waals surface area contributed by atoms with Crippen molar-refractivity contribution >= 4 is 17.7 Å². The lowest BCUT2D eigenvalue weighted by Gasteiger charge is -2.37. The van der Waals surface area contributed by atoms with Crippen LogP contribution < -0.4 is 5.56 Å². The number of nitrogens with zero attached hydrogens (tertiary/aromatic N) is 5. The molecule has 1 aromatic heterocycles. The molecule has 0 radical (unpaired) electrons. The van der Waals surface area contributed by atoms with E-state index in [1.807, 2.05) is 31.3 Å². The number of benzene rings is 3. The van der Waals surface area contributed by atoms with Crippen LogP contribution in [0.15, 0.2) is 76.7 Å². The van der Waals surface area contributed by atoms with Crippen LogP contribution in [0.2, 0.25) is 0 Å². The van der Waals surface area contributed by atoms with Crippen molar-refractivity contribution in [2.75, 3.05) is 20.1 Å². The third kappa shape index (κ3) is 8.44. The van der Waals surface area contributed by atoms with Gasteiger partial charge in [0.05, 0.1) is 5.56 Å². The summed E-state index contributed by atoms with van der Waals surface area (Å²) in [6.45, 7) is 3.43. The fourth-order valence-electron chi connectivity index (χ4n) is 5.47. The van der Waals surface area contributed by atoms with Gasteiger partial charge >= 0.3 is 6.18 Å². The van der Waals surface area contributed by atoms with Gasteiger partial charge in [-0.15, -0.1) is 0 Å². The number of likely N-dealkylation sites (tertiary alicyclic amines) is 1. The van der Waals surface area contributed by atoms with E-state index in [1.165, 1.54) is 28.9 Å². The molecule has 7 nitrogen and oxygen atoms in total. The van der Waals surface area contributed by atoms with E-state index >= 15 is 0 Å². The van der Waals surface area contributed by atoms with E-state index < -0.39 is 28.9 Å². The van der Waals surface area contributed by atoms with E-state index in [0.29, 0.717) is 12.0 Å². The Balaban J connectivity index is 1.38. The molecule has 0 bridgehead atoms. The molecule has 1 fully saturated rings. The summed E-state index contributed by atoms with van der Waals surface area (Å²) >= 11 is 0.994. The van der Waals surface area contributed by atoms with Crippen molar-refractivity contribution in [2.45, 2.75) is 62.4 Å². The summed E-state index contributed by atoms with van der Waals surface area (Å²) in [4.78, 5) is 34.8. The number of piperidine rings is 1. The minimum atomic E-state index is -4.41. The van der Waals surface area contributed by atoms with Crippen molar-refractivity contribution < 1.29 is 26.7 Å². The van der Waals surface area contributed by atoms with Gasteiger partial charge in [0, 0.05) is 23.9 Å². The number of carbonyl (C=O) groups is 1. The Labute approximate surface area is 273 Å². The normalized spacial score (nSPS) is 14.4. The summed E-state index contributed by atoms with van der Waals surface area (Å²) in [5.74, 6) is -2.24. The van der Waals surface area contributed by atoms with Crippen LogP contribution in [0.3, 0.4) is 0 Å². The first-order chi connectivity index (χ1) is 22.4. The minimum Gasteiger partial charge on any atom is -0.334 e. The Hall–Kier alpha value is -4.10. The molecule has 1 aliphatic heterocycles. The first-order valence-electron chi connectivity index (χ1n) is 15.2. The van der Waals surface area contributed by atoms with Gasteiger partial charge < -0.3 is 9.80 Å². The number of halogens is 5. The highest BCUT2D eigenvalue weighted by Gasteiger charge is 2.30. The largest absolute Gasteiger partial charge is 0.416 e. The summed E-state index contributed by atoms with van der Waals surface area (Å²) in [6, 6.07) is 16.1. The molecule has 0 saturated carbocycles. The maximum atomic E-state index is 14.3. The molecule has 2 heterocycles. The van der Waals surface area contributed by atoms with Gasteiger partial charge in [-0.1, -0.05) is 67.2 Å². The number of aromatic nitrogens is 3. The van der Waals surface area contributed by atoms with Gasteiger partial charge in [-0.05, 0) is 74.3 Å². The van der Waals surface area contributed by atoms with Crippen molar-refractivity contribution in [3.8, 4) is 11.1 Å². The fraction of sp³-hybridized carbons (Fsp3) is 0.353. The second kappa shape index (κ2) is 14.8. The highest BCUT2D eigenvalue weighted by Crippen LogP contribution is 2.31. The number of hydrogen-bond acceptors (Lipinski definition) is 6. The van der Waals surface area contributed by atoms with Crippen LogP contribution in [-0.2, 0) is 36.2 Å². The summed E-state index contributed by atoms with van der Waals surface area (Å²) in [5, 5.41) is 4.54. The van der Waals surface area contributed by atoms with Gasteiger partial charge in [-0.3, -0.25) is 9.59 Å². The zero-order valence-electron chi connectivity index (χ0n) is 25.9. The maximum absolute atomic E-state index is 14.3. The second-order valence-electron chi connectivity index (χ2n) is 11.5. The molecule has 5 rings (SSSR count). The molecule has 1 saturated heterocycles. The van der Waals surface area contributed by atoms with Crippen LogP contribution in [0.4, 0.5) is 22.0 Å². The lowest BCUT2D eigenvalue weighted by Crippen LogP contribution is -2.47. The molecule has 13 heteroatoms. The molecule has 0 aliphatic carbocycles. The number of carbonyl (C=O) groups excluding carboxylic acids is 1. The first-order valence-corrected chi connectivity index (χ1v) is 16.2. The van der Waals surface area contributed by atoms with E-state index in [2.05, 4.69) is 15.0 Å². The zero-order valence-corrected chi connectivity index (χ0v) is 26.8. The zero-order chi connectivity index (χ0) is 33.7. The van der Waals surface area contributed by atoms with Gasteiger partial charge in [0.15, 0.2) is 16.8 Å². The second-order valence-corrected chi connectivity index (χ2v) is 12.4. The fourth-order valence-corrected chi connectivity index (χ4v) is 6.38. The third-order valence-corrected chi connectivity index (χ3v) is 9.23. The predicted octanol–water partition coefficient (Wildman–Crippen LogP) is 6.58. The molecule has 1 amide bonds. The summed E-state index contributed by atoms with van der Waals surface area (Å²) in [6.07, 6.45) is -2.61. The van der Waals surface area contributed by atoms with Crippen LogP contribution >= 0.6 is 11.8 Å². The average Bonchev–Trinajstić information content (AvgIpc) is 3.05. The Morgan fingerprint density at radius 2 is 1.62 bits per heavy atom. The van der Waals surface area contributed by atoms with Crippen molar-refractivity contribution in [2.24, 2.45) is 0 Å². The molecule has 248 valence electrons. The third-order valence-electron chi connectivity index (χ3n) is 8.22. The number of aryl methyl sites for hydroxylation is 1. The lowest BCUT2D eigenvalue weighted by atomic mass is 10.0. The molecule has 1 aliphatic rings. The SMILES string of the molecule is CCc1nn(CC(=O)N(Cc2ccc(-c3ccc(C(F)(F)F)cc3)cc2)C2CCN(C)CC2)c(SCc2cccc(F)c2F)nc1=O. The molecular formula is C34H34F5N5O2S. The van der Waals surface area contributed by atoms with Gasteiger partial charge in [-0.25, -0.2) is 13.5 Å². The quantitative estimate of drug-likeness (QED) is 0.140. The smallest absolute Gasteiger partial charge is 0.334 e. The first kappa shape index (κ1) is 34.2. The molecule has 0 spiro atoms. The predicted molar refractivity (Wildman–Crippen MR) is 170 cm³/mol. The molecule has 0 unspecified atom stereocenters. The maximum Gasteiger partial charge on any atom is 0.416 e. The van der Waals surface area contributed by atoms with E-state index in [0.717, 1.165) is 67.0 Å². The van der Waals surface area contributed by atoms with Gasteiger partial charge in [0.2, 0.25) is 5.91 Å². The van der Waals surface area contributed by atoms with Crippen LogP contribution in [0.25, 0.3) is 11.1 Å². The van der Waals surface area contributed by atoms with Crippen LogP contribution in [0.5, 0.6) is 0 Å².